The van der Waals surface area contributed by atoms with Gasteiger partial charge in [-0.2, -0.15) is 0 Å². The zero-order chi connectivity index (χ0) is 15.0. The minimum atomic E-state index is -0.0275. The summed E-state index contributed by atoms with van der Waals surface area (Å²) in [6.07, 6.45) is 5.40. The summed E-state index contributed by atoms with van der Waals surface area (Å²) in [5.41, 5.74) is -0.0169. The third-order valence-electron chi connectivity index (χ3n) is 5.18. The van der Waals surface area contributed by atoms with E-state index >= 15 is 0 Å². The predicted octanol–water partition coefficient (Wildman–Crippen LogP) is 3.37. The average molecular weight is 283 g/mol. The van der Waals surface area contributed by atoms with E-state index in [4.69, 9.17) is 9.47 Å². The van der Waals surface area contributed by atoms with E-state index in [0.717, 1.165) is 18.9 Å². The lowest BCUT2D eigenvalue weighted by Crippen LogP contribution is -2.46. The van der Waals surface area contributed by atoms with E-state index in [9.17, 15) is 0 Å². The van der Waals surface area contributed by atoms with Gasteiger partial charge in [0.15, 0.2) is 0 Å². The second-order valence-corrected chi connectivity index (χ2v) is 7.82. The largest absolute Gasteiger partial charge is 0.378 e. The van der Waals surface area contributed by atoms with Crippen molar-refractivity contribution in [3.8, 4) is 0 Å². The van der Waals surface area contributed by atoms with Gasteiger partial charge in [0.05, 0.1) is 17.3 Å². The maximum absolute atomic E-state index is 6.26. The van der Waals surface area contributed by atoms with E-state index in [-0.39, 0.29) is 11.2 Å². The van der Waals surface area contributed by atoms with Crippen molar-refractivity contribution >= 4 is 0 Å². The summed E-state index contributed by atoms with van der Waals surface area (Å²) in [6.45, 7) is 11.9. The fraction of sp³-hybridized carbons (Fsp3) is 1.00. The Labute approximate surface area is 124 Å². The summed E-state index contributed by atoms with van der Waals surface area (Å²) in [5.74, 6) is 1.41. The van der Waals surface area contributed by atoms with Crippen molar-refractivity contribution < 1.29 is 9.47 Å². The van der Waals surface area contributed by atoms with Crippen molar-refractivity contribution in [2.75, 3.05) is 13.7 Å². The number of nitrogens with one attached hydrogen (secondary N) is 1. The van der Waals surface area contributed by atoms with Crippen LogP contribution in [0.5, 0.6) is 0 Å². The summed E-state index contributed by atoms with van der Waals surface area (Å²) in [7, 11) is 2.10. The van der Waals surface area contributed by atoms with Crippen LogP contribution in [0.3, 0.4) is 0 Å². The molecule has 118 valence electrons. The Hall–Kier alpha value is -0.120. The average Bonchev–Trinajstić information content (AvgIpc) is 2.50. The van der Waals surface area contributed by atoms with Crippen molar-refractivity contribution in [2.24, 2.45) is 11.8 Å². The molecule has 1 aliphatic heterocycles. The third-order valence-corrected chi connectivity index (χ3v) is 5.18. The summed E-state index contributed by atoms with van der Waals surface area (Å²) in [4.78, 5) is 0. The minimum Gasteiger partial charge on any atom is -0.378 e. The quantitative estimate of drug-likeness (QED) is 0.810. The molecule has 0 amide bonds. The molecule has 0 radical (unpaired) electrons. The van der Waals surface area contributed by atoms with Gasteiger partial charge < -0.3 is 14.8 Å². The molecule has 3 nitrogen and oxygen atoms in total. The highest BCUT2D eigenvalue weighted by atomic mass is 16.5. The molecule has 0 aromatic rings. The molecule has 20 heavy (non-hydrogen) atoms. The zero-order valence-electron chi connectivity index (χ0n) is 14.2. The Morgan fingerprint density at radius 2 is 1.90 bits per heavy atom. The van der Waals surface area contributed by atoms with Gasteiger partial charge in [-0.05, 0) is 73.3 Å². The molecule has 0 aromatic carbocycles. The molecule has 0 aromatic heterocycles. The first-order valence-electron chi connectivity index (χ1n) is 8.26. The molecule has 3 heteroatoms. The number of hydrogen-bond donors (Lipinski definition) is 1. The molecular formula is C17H33NO2. The second kappa shape index (κ2) is 5.94. The predicted molar refractivity (Wildman–Crippen MR) is 83.0 cm³/mol. The zero-order valence-corrected chi connectivity index (χ0v) is 14.2. The monoisotopic (exact) mass is 283 g/mol. The van der Waals surface area contributed by atoms with Crippen LogP contribution in [-0.2, 0) is 9.47 Å². The first-order chi connectivity index (χ1) is 9.27. The fourth-order valence-corrected chi connectivity index (χ4v) is 4.31. The lowest BCUT2D eigenvalue weighted by molar-refractivity contribution is -0.0800. The van der Waals surface area contributed by atoms with Crippen LogP contribution in [0.1, 0.15) is 60.3 Å². The molecule has 1 N–H and O–H groups in total. The van der Waals surface area contributed by atoms with E-state index in [1.807, 2.05) is 0 Å². The van der Waals surface area contributed by atoms with Crippen LogP contribution >= 0.6 is 0 Å². The fourth-order valence-electron chi connectivity index (χ4n) is 4.31. The van der Waals surface area contributed by atoms with Gasteiger partial charge in [-0.15, -0.1) is 0 Å². The van der Waals surface area contributed by atoms with Gasteiger partial charge in [-0.25, -0.2) is 0 Å². The molecule has 1 saturated heterocycles. The van der Waals surface area contributed by atoms with Crippen molar-refractivity contribution in [1.29, 1.82) is 0 Å². The van der Waals surface area contributed by atoms with Crippen LogP contribution in [-0.4, -0.2) is 37.0 Å². The third kappa shape index (κ3) is 3.55. The first kappa shape index (κ1) is 16.3. The molecule has 1 saturated carbocycles. The highest BCUT2D eigenvalue weighted by molar-refractivity contribution is 5.00. The second-order valence-electron chi connectivity index (χ2n) is 7.82. The van der Waals surface area contributed by atoms with Crippen LogP contribution in [0.4, 0.5) is 0 Å². The maximum Gasteiger partial charge on any atom is 0.0677 e. The Balaban J connectivity index is 1.89. The molecule has 2 atom stereocenters. The van der Waals surface area contributed by atoms with Gasteiger partial charge in [-0.1, -0.05) is 0 Å². The van der Waals surface area contributed by atoms with Gasteiger partial charge in [0.1, 0.15) is 0 Å². The van der Waals surface area contributed by atoms with Crippen LogP contribution in [0.25, 0.3) is 0 Å². The number of hydrogen-bond acceptors (Lipinski definition) is 3. The van der Waals surface area contributed by atoms with Gasteiger partial charge in [0.2, 0.25) is 0 Å². The standard InChI is InChI=1S/C17H33NO2/c1-7-19-13-8-12(9-13)10-15(18-6)14-11-16(2,3)20-17(14,4)5/h12-15,18H,7-11H2,1-6H3. The lowest BCUT2D eigenvalue weighted by atomic mass is 9.72. The normalized spacial score (nSPS) is 36.6. The van der Waals surface area contributed by atoms with Gasteiger partial charge >= 0.3 is 0 Å². The molecule has 1 aliphatic carbocycles. The Kier molecular flexibility index (Phi) is 4.83. The van der Waals surface area contributed by atoms with E-state index in [1.165, 1.54) is 19.3 Å². The lowest BCUT2D eigenvalue weighted by Gasteiger charge is -2.40. The Morgan fingerprint density at radius 1 is 1.25 bits per heavy atom. The molecule has 2 fully saturated rings. The van der Waals surface area contributed by atoms with Crippen molar-refractivity contribution in [2.45, 2.75) is 83.6 Å². The first-order valence-corrected chi connectivity index (χ1v) is 8.26. The smallest absolute Gasteiger partial charge is 0.0677 e. The van der Waals surface area contributed by atoms with Crippen LogP contribution < -0.4 is 5.32 Å². The summed E-state index contributed by atoms with van der Waals surface area (Å²) >= 11 is 0. The Morgan fingerprint density at radius 3 is 2.35 bits per heavy atom. The summed E-state index contributed by atoms with van der Waals surface area (Å²) < 4.78 is 11.9. The van der Waals surface area contributed by atoms with Crippen molar-refractivity contribution in [3.63, 3.8) is 0 Å². The number of rotatable bonds is 6. The maximum atomic E-state index is 6.26. The van der Waals surface area contributed by atoms with E-state index in [0.29, 0.717) is 18.1 Å². The summed E-state index contributed by atoms with van der Waals surface area (Å²) in [6, 6.07) is 0.555. The van der Waals surface area contributed by atoms with Gasteiger partial charge in [0, 0.05) is 18.6 Å². The van der Waals surface area contributed by atoms with Gasteiger partial charge in [0.25, 0.3) is 0 Å². The van der Waals surface area contributed by atoms with Crippen LogP contribution in [0.2, 0.25) is 0 Å². The van der Waals surface area contributed by atoms with E-state index in [2.05, 4.69) is 47.0 Å². The highest BCUT2D eigenvalue weighted by Gasteiger charge is 2.49. The molecule has 2 unspecified atom stereocenters. The van der Waals surface area contributed by atoms with E-state index in [1.54, 1.807) is 0 Å². The molecule has 1 heterocycles. The van der Waals surface area contributed by atoms with Crippen LogP contribution in [0, 0.1) is 11.8 Å². The summed E-state index contributed by atoms with van der Waals surface area (Å²) in [5, 5.41) is 3.56. The molecule has 2 aliphatic rings. The molecule has 0 spiro atoms. The topological polar surface area (TPSA) is 30.5 Å². The van der Waals surface area contributed by atoms with Crippen molar-refractivity contribution in [1.82, 2.24) is 5.32 Å². The minimum absolute atomic E-state index is 0.0107. The van der Waals surface area contributed by atoms with E-state index < -0.39 is 0 Å². The Bertz CT molecular complexity index is 321. The highest BCUT2D eigenvalue weighted by Crippen LogP contribution is 2.46. The van der Waals surface area contributed by atoms with Crippen LogP contribution in [0.15, 0.2) is 0 Å². The number of ether oxygens (including phenoxy) is 2. The molecule has 2 rings (SSSR count). The van der Waals surface area contributed by atoms with Crippen molar-refractivity contribution in [3.05, 3.63) is 0 Å². The van der Waals surface area contributed by atoms with Gasteiger partial charge in [-0.3, -0.25) is 0 Å². The molecule has 0 bridgehead atoms. The SMILES string of the molecule is CCOC1CC(CC(NC)C2CC(C)(C)OC2(C)C)C1. The molecular weight excluding hydrogens is 250 g/mol.